The summed E-state index contributed by atoms with van der Waals surface area (Å²) in [5.41, 5.74) is 0.894. The van der Waals surface area contributed by atoms with Crippen LogP contribution in [0.5, 0.6) is 0 Å². The second-order valence-electron chi connectivity index (χ2n) is 5.51. The molecular formula is C14H17BrN2O2. The lowest BCUT2D eigenvalue weighted by Gasteiger charge is -2.37. The van der Waals surface area contributed by atoms with Gasteiger partial charge in [0.15, 0.2) is 0 Å². The first kappa shape index (κ1) is 15.5. The van der Waals surface area contributed by atoms with E-state index in [4.69, 9.17) is 0 Å². The fourth-order valence-electron chi connectivity index (χ4n) is 2.23. The Hall–Kier alpha value is -1.54. The first-order valence-corrected chi connectivity index (χ1v) is 6.63. The highest BCUT2D eigenvalue weighted by Gasteiger charge is 2.34. The SMILES string of the molecule is CN(C(=O)O)C(c1cc(Br)ccc1C#N)C(C)(C)C. The molecule has 0 aromatic heterocycles. The van der Waals surface area contributed by atoms with Gasteiger partial charge in [0.05, 0.1) is 17.7 Å². The van der Waals surface area contributed by atoms with Crippen molar-refractivity contribution in [3.63, 3.8) is 0 Å². The Balaban J connectivity index is 3.46. The molecule has 1 aromatic rings. The maximum absolute atomic E-state index is 11.3. The molecular weight excluding hydrogens is 308 g/mol. The van der Waals surface area contributed by atoms with Crippen LogP contribution >= 0.6 is 15.9 Å². The molecule has 0 aliphatic carbocycles. The van der Waals surface area contributed by atoms with E-state index < -0.39 is 12.1 Å². The number of hydrogen-bond acceptors (Lipinski definition) is 2. The third-order valence-electron chi connectivity index (χ3n) is 2.94. The molecule has 1 unspecified atom stereocenters. The van der Waals surface area contributed by atoms with Gasteiger partial charge in [0.2, 0.25) is 0 Å². The maximum atomic E-state index is 11.3. The van der Waals surface area contributed by atoms with E-state index >= 15 is 0 Å². The number of benzene rings is 1. The molecule has 1 atom stereocenters. The molecule has 0 saturated carbocycles. The Morgan fingerprint density at radius 3 is 2.47 bits per heavy atom. The summed E-state index contributed by atoms with van der Waals surface area (Å²) in [6.07, 6.45) is -1.01. The number of halogens is 1. The van der Waals surface area contributed by atoms with Crippen molar-refractivity contribution in [3.05, 3.63) is 33.8 Å². The molecule has 0 fully saturated rings. The van der Waals surface area contributed by atoms with Gasteiger partial charge < -0.3 is 10.0 Å². The van der Waals surface area contributed by atoms with Crippen molar-refractivity contribution in [2.75, 3.05) is 7.05 Å². The van der Waals surface area contributed by atoms with Gasteiger partial charge in [-0.05, 0) is 29.2 Å². The molecule has 5 heteroatoms. The Labute approximate surface area is 121 Å². The topological polar surface area (TPSA) is 64.3 Å². The van der Waals surface area contributed by atoms with Gasteiger partial charge in [-0.25, -0.2) is 4.79 Å². The van der Waals surface area contributed by atoms with Crippen LogP contribution < -0.4 is 0 Å². The van der Waals surface area contributed by atoms with Crippen LogP contribution in [0.3, 0.4) is 0 Å². The zero-order chi connectivity index (χ0) is 14.8. The van der Waals surface area contributed by atoms with Crippen LogP contribution in [0.1, 0.15) is 37.9 Å². The summed E-state index contributed by atoms with van der Waals surface area (Å²) in [5, 5.41) is 18.5. The summed E-state index contributed by atoms with van der Waals surface area (Å²) in [6.45, 7) is 5.87. The summed E-state index contributed by atoms with van der Waals surface area (Å²) in [6, 6.07) is 7.03. The maximum Gasteiger partial charge on any atom is 0.407 e. The molecule has 0 bridgehead atoms. The fraction of sp³-hybridized carbons (Fsp3) is 0.429. The molecule has 1 amide bonds. The van der Waals surface area contributed by atoms with Gasteiger partial charge in [0.1, 0.15) is 0 Å². The number of hydrogen-bond donors (Lipinski definition) is 1. The third-order valence-corrected chi connectivity index (χ3v) is 3.43. The molecule has 4 nitrogen and oxygen atoms in total. The minimum Gasteiger partial charge on any atom is -0.465 e. The van der Waals surface area contributed by atoms with Crippen LogP contribution in [0, 0.1) is 16.7 Å². The van der Waals surface area contributed by atoms with Crippen molar-refractivity contribution < 1.29 is 9.90 Å². The van der Waals surface area contributed by atoms with Crippen molar-refractivity contribution in [1.82, 2.24) is 4.90 Å². The van der Waals surface area contributed by atoms with Gasteiger partial charge in [0, 0.05) is 11.5 Å². The van der Waals surface area contributed by atoms with Gasteiger partial charge in [-0.15, -0.1) is 0 Å². The molecule has 0 spiro atoms. The third kappa shape index (κ3) is 3.48. The van der Waals surface area contributed by atoms with Crippen molar-refractivity contribution in [2.24, 2.45) is 5.41 Å². The van der Waals surface area contributed by atoms with Crippen molar-refractivity contribution in [1.29, 1.82) is 5.26 Å². The smallest absolute Gasteiger partial charge is 0.407 e. The molecule has 0 aliphatic heterocycles. The van der Waals surface area contributed by atoms with Gasteiger partial charge in [-0.1, -0.05) is 36.7 Å². The van der Waals surface area contributed by atoms with Crippen LogP contribution in [0.25, 0.3) is 0 Å². The number of amides is 1. The first-order chi connectivity index (χ1) is 8.68. The van der Waals surface area contributed by atoms with Gasteiger partial charge in [-0.3, -0.25) is 0 Å². The molecule has 1 rings (SSSR count). The molecule has 1 aromatic carbocycles. The Kier molecular flexibility index (Phi) is 4.59. The molecule has 19 heavy (non-hydrogen) atoms. The lowest BCUT2D eigenvalue weighted by atomic mass is 9.80. The van der Waals surface area contributed by atoms with Crippen LogP contribution in [0.15, 0.2) is 22.7 Å². The first-order valence-electron chi connectivity index (χ1n) is 5.83. The van der Waals surface area contributed by atoms with E-state index in [1.165, 1.54) is 11.9 Å². The Morgan fingerprint density at radius 1 is 1.47 bits per heavy atom. The van der Waals surface area contributed by atoms with E-state index in [1.54, 1.807) is 12.1 Å². The van der Waals surface area contributed by atoms with Crippen LogP contribution in [-0.4, -0.2) is 23.1 Å². The van der Waals surface area contributed by atoms with E-state index in [2.05, 4.69) is 22.0 Å². The summed E-state index contributed by atoms with van der Waals surface area (Å²) in [5.74, 6) is 0. The highest BCUT2D eigenvalue weighted by Crippen LogP contribution is 2.39. The minimum absolute atomic E-state index is 0.320. The van der Waals surface area contributed by atoms with Crippen molar-refractivity contribution >= 4 is 22.0 Å². The zero-order valence-electron chi connectivity index (χ0n) is 11.4. The quantitative estimate of drug-likeness (QED) is 0.893. The molecule has 102 valence electrons. The molecule has 0 saturated heterocycles. The van der Waals surface area contributed by atoms with Gasteiger partial charge in [0.25, 0.3) is 0 Å². The standard InChI is InChI=1S/C14H17BrN2O2/c1-14(2,3)12(17(4)13(18)19)11-7-10(15)6-5-9(11)8-16/h5-7,12H,1-4H3,(H,18,19). The zero-order valence-corrected chi connectivity index (χ0v) is 13.0. The van der Waals surface area contributed by atoms with E-state index in [0.717, 1.165) is 4.47 Å². The van der Waals surface area contributed by atoms with Gasteiger partial charge >= 0.3 is 6.09 Å². The summed E-state index contributed by atoms with van der Waals surface area (Å²) in [7, 11) is 1.53. The molecule has 1 N–H and O–H groups in total. The average Bonchev–Trinajstić information content (AvgIpc) is 2.27. The van der Waals surface area contributed by atoms with E-state index in [9.17, 15) is 15.2 Å². The normalized spacial score (nSPS) is 12.6. The summed E-state index contributed by atoms with van der Waals surface area (Å²) < 4.78 is 0.828. The Morgan fingerprint density at radius 2 is 2.05 bits per heavy atom. The van der Waals surface area contributed by atoms with E-state index in [0.29, 0.717) is 11.1 Å². The van der Waals surface area contributed by atoms with Crippen molar-refractivity contribution in [3.8, 4) is 6.07 Å². The number of rotatable bonds is 2. The highest BCUT2D eigenvalue weighted by molar-refractivity contribution is 9.10. The van der Waals surface area contributed by atoms with Gasteiger partial charge in [-0.2, -0.15) is 5.26 Å². The monoisotopic (exact) mass is 324 g/mol. The lowest BCUT2D eigenvalue weighted by molar-refractivity contribution is 0.0985. The minimum atomic E-state index is -1.01. The van der Waals surface area contributed by atoms with Crippen LogP contribution in [0.2, 0.25) is 0 Å². The van der Waals surface area contributed by atoms with E-state index in [1.807, 2.05) is 26.8 Å². The second kappa shape index (κ2) is 5.62. The molecule has 0 aliphatic rings. The Bertz CT molecular complexity index is 529. The van der Waals surface area contributed by atoms with E-state index in [-0.39, 0.29) is 5.41 Å². The predicted molar refractivity (Wildman–Crippen MR) is 76.8 cm³/mol. The number of nitriles is 1. The highest BCUT2D eigenvalue weighted by atomic mass is 79.9. The summed E-state index contributed by atoms with van der Waals surface area (Å²) >= 11 is 3.37. The fourth-order valence-corrected chi connectivity index (χ4v) is 2.61. The number of nitrogens with zero attached hydrogens (tertiary/aromatic N) is 2. The molecule has 0 heterocycles. The lowest BCUT2D eigenvalue weighted by Crippen LogP contribution is -2.38. The average molecular weight is 325 g/mol. The largest absolute Gasteiger partial charge is 0.465 e. The predicted octanol–water partition coefficient (Wildman–Crippen LogP) is 4.02. The number of carbonyl (C=O) groups is 1. The molecule has 0 radical (unpaired) electrons. The summed E-state index contributed by atoms with van der Waals surface area (Å²) in [4.78, 5) is 12.5. The van der Waals surface area contributed by atoms with Crippen LogP contribution in [0.4, 0.5) is 4.79 Å². The number of carboxylic acid groups (broad SMARTS) is 1. The van der Waals surface area contributed by atoms with Crippen molar-refractivity contribution in [2.45, 2.75) is 26.8 Å². The van der Waals surface area contributed by atoms with Crippen LogP contribution in [-0.2, 0) is 0 Å². The second-order valence-corrected chi connectivity index (χ2v) is 6.42.